The highest BCUT2D eigenvalue weighted by molar-refractivity contribution is 7.91. The Morgan fingerprint density at radius 1 is 1.19 bits per heavy atom. The summed E-state index contributed by atoms with van der Waals surface area (Å²) >= 11 is 0. The molecule has 0 spiro atoms. The maximum Gasteiger partial charge on any atom is 0.263 e. The molecule has 1 aliphatic heterocycles. The lowest BCUT2D eigenvalue weighted by molar-refractivity contribution is -0.140. The van der Waals surface area contributed by atoms with E-state index in [9.17, 15) is 18.0 Å². The molecule has 0 unspecified atom stereocenters. The van der Waals surface area contributed by atoms with E-state index in [1.807, 2.05) is 13.8 Å². The molecule has 26 heavy (non-hydrogen) atoms. The minimum Gasteiger partial charge on any atom is -0.481 e. The van der Waals surface area contributed by atoms with Crippen LogP contribution in [0.25, 0.3) is 0 Å². The van der Waals surface area contributed by atoms with Gasteiger partial charge in [0.25, 0.3) is 5.91 Å². The van der Waals surface area contributed by atoms with E-state index < -0.39 is 15.9 Å². The molecule has 0 saturated carbocycles. The number of amides is 1. The number of ether oxygens (including phenoxy) is 1. The minimum absolute atomic E-state index is 0.0193. The van der Waals surface area contributed by atoms with E-state index in [1.54, 1.807) is 36.1 Å². The van der Waals surface area contributed by atoms with Crippen LogP contribution in [-0.4, -0.2) is 55.2 Å². The normalized spacial score (nSPS) is 20.0. The molecule has 0 bridgehead atoms. The summed E-state index contributed by atoms with van der Waals surface area (Å²) in [5.74, 6) is 0.624. The van der Waals surface area contributed by atoms with E-state index in [4.69, 9.17) is 4.74 Å². The molecule has 1 fully saturated rings. The van der Waals surface area contributed by atoms with E-state index in [1.165, 1.54) is 6.92 Å². The van der Waals surface area contributed by atoms with E-state index in [-0.39, 0.29) is 35.2 Å². The summed E-state index contributed by atoms with van der Waals surface area (Å²) in [6, 6.07) is 6.34. The largest absolute Gasteiger partial charge is 0.481 e. The van der Waals surface area contributed by atoms with E-state index in [0.29, 0.717) is 24.3 Å². The second kappa shape index (κ2) is 8.20. The molecule has 1 aliphatic rings. The molecule has 7 heteroatoms. The number of carbonyl (C=O) groups is 2. The Morgan fingerprint density at radius 2 is 1.81 bits per heavy atom. The van der Waals surface area contributed by atoms with Crippen LogP contribution in [0.5, 0.6) is 5.75 Å². The maximum atomic E-state index is 12.9. The molecule has 0 aliphatic carbocycles. The fourth-order valence-corrected chi connectivity index (χ4v) is 4.82. The SMILES string of the molecule is CC(=O)c1ccc(O[C@@H](C)C(=O)N(CC(C)C)[C@@H]2CCS(=O)(=O)C2)cc1. The third-order valence-electron chi connectivity index (χ3n) is 4.42. The molecule has 144 valence electrons. The molecule has 2 rings (SSSR count). The van der Waals surface area contributed by atoms with Gasteiger partial charge in [0.2, 0.25) is 0 Å². The van der Waals surface area contributed by atoms with Gasteiger partial charge in [-0.05, 0) is 50.5 Å². The van der Waals surface area contributed by atoms with Crippen molar-refractivity contribution in [1.82, 2.24) is 4.90 Å². The number of rotatable bonds is 7. The van der Waals surface area contributed by atoms with Crippen molar-refractivity contribution in [2.24, 2.45) is 5.92 Å². The first-order chi connectivity index (χ1) is 12.1. The van der Waals surface area contributed by atoms with Gasteiger partial charge in [0.05, 0.1) is 11.5 Å². The van der Waals surface area contributed by atoms with E-state index in [0.717, 1.165) is 0 Å². The van der Waals surface area contributed by atoms with Gasteiger partial charge < -0.3 is 9.64 Å². The van der Waals surface area contributed by atoms with Gasteiger partial charge in [0, 0.05) is 18.2 Å². The first-order valence-electron chi connectivity index (χ1n) is 8.87. The van der Waals surface area contributed by atoms with Gasteiger partial charge in [-0.2, -0.15) is 0 Å². The molecule has 0 aromatic heterocycles. The van der Waals surface area contributed by atoms with Gasteiger partial charge in [0.15, 0.2) is 21.7 Å². The average Bonchev–Trinajstić information content (AvgIpc) is 2.92. The molecular formula is C19H27NO5S. The fraction of sp³-hybridized carbons (Fsp3) is 0.579. The zero-order chi connectivity index (χ0) is 19.5. The van der Waals surface area contributed by atoms with E-state index >= 15 is 0 Å². The van der Waals surface area contributed by atoms with Crippen LogP contribution < -0.4 is 4.74 Å². The number of sulfone groups is 1. The van der Waals surface area contributed by atoms with Crippen molar-refractivity contribution in [1.29, 1.82) is 0 Å². The predicted octanol–water partition coefficient (Wildman–Crippen LogP) is 2.33. The Bertz CT molecular complexity index is 755. The van der Waals surface area contributed by atoms with Gasteiger partial charge in [0.1, 0.15) is 5.75 Å². The number of hydrogen-bond donors (Lipinski definition) is 0. The monoisotopic (exact) mass is 381 g/mol. The number of benzene rings is 1. The van der Waals surface area contributed by atoms with Crippen LogP contribution in [0.3, 0.4) is 0 Å². The second-order valence-corrected chi connectivity index (χ2v) is 9.51. The number of ketones is 1. The van der Waals surface area contributed by atoms with Gasteiger partial charge in [-0.25, -0.2) is 8.42 Å². The van der Waals surface area contributed by atoms with E-state index in [2.05, 4.69) is 0 Å². The van der Waals surface area contributed by atoms with Crippen molar-refractivity contribution in [2.75, 3.05) is 18.1 Å². The van der Waals surface area contributed by atoms with Crippen LogP contribution in [0.4, 0.5) is 0 Å². The number of carbonyl (C=O) groups excluding carboxylic acids is 2. The molecule has 1 aromatic rings. The molecule has 1 amide bonds. The zero-order valence-corrected chi connectivity index (χ0v) is 16.6. The van der Waals surface area contributed by atoms with Crippen LogP contribution in [0.2, 0.25) is 0 Å². The van der Waals surface area contributed by atoms with Gasteiger partial charge in [-0.1, -0.05) is 13.8 Å². The van der Waals surface area contributed by atoms with Crippen LogP contribution in [0.1, 0.15) is 44.5 Å². The third-order valence-corrected chi connectivity index (χ3v) is 6.17. The van der Waals surface area contributed by atoms with Crippen molar-refractivity contribution in [2.45, 2.75) is 46.3 Å². The summed E-state index contributed by atoms with van der Waals surface area (Å²) < 4.78 is 29.3. The first kappa shape index (κ1) is 20.4. The smallest absolute Gasteiger partial charge is 0.263 e. The standard InChI is InChI=1S/C19H27NO5S/c1-13(2)11-20(17-9-10-26(23,24)12-17)19(22)15(4)25-18-7-5-16(6-8-18)14(3)21/h5-8,13,15,17H,9-12H2,1-4H3/t15-,17+/m0/s1. The maximum absolute atomic E-state index is 12.9. The summed E-state index contributed by atoms with van der Waals surface area (Å²) in [7, 11) is -3.07. The Labute approximate surface area is 155 Å². The highest BCUT2D eigenvalue weighted by Crippen LogP contribution is 2.21. The Morgan fingerprint density at radius 3 is 2.27 bits per heavy atom. The predicted molar refractivity (Wildman–Crippen MR) is 100 cm³/mol. The molecule has 0 radical (unpaired) electrons. The first-order valence-corrected chi connectivity index (χ1v) is 10.7. The van der Waals surface area contributed by atoms with Gasteiger partial charge in [-0.15, -0.1) is 0 Å². The Balaban J connectivity index is 2.10. The van der Waals surface area contributed by atoms with Gasteiger partial charge in [-0.3, -0.25) is 9.59 Å². The minimum atomic E-state index is -3.07. The third kappa shape index (κ3) is 5.30. The quantitative estimate of drug-likeness (QED) is 0.677. The molecule has 1 heterocycles. The lowest BCUT2D eigenvalue weighted by Crippen LogP contribution is -2.48. The van der Waals surface area contributed by atoms with Crippen LogP contribution >= 0.6 is 0 Å². The highest BCUT2D eigenvalue weighted by Gasteiger charge is 2.36. The van der Waals surface area contributed by atoms with Crippen molar-refractivity contribution >= 4 is 21.5 Å². The summed E-state index contributed by atoms with van der Waals surface area (Å²) in [6.07, 6.45) is -0.263. The van der Waals surface area contributed by atoms with Crippen molar-refractivity contribution in [3.63, 3.8) is 0 Å². The molecule has 6 nitrogen and oxygen atoms in total. The Kier molecular flexibility index (Phi) is 6.44. The molecule has 1 aromatic carbocycles. The summed E-state index contributed by atoms with van der Waals surface area (Å²) in [5, 5.41) is 0. The topological polar surface area (TPSA) is 80.8 Å². The van der Waals surface area contributed by atoms with Crippen LogP contribution in [0.15, 0.2) is 24.3 Å². The summed E-state index contributed by atoms with van der Waals surface area (Å²) in [5.41, 5.74) is 0.578. The van der Waals surface area contributed by atoms with Crippen LogP contribution in [-0.2, 0) is 14.6 Å². The number of hydrogen-bond acceptors (Lipinski definition) is 5. The zero-order valence-electron chi connectivity index (χ0n) is 15.8. The number of nitrogens with zero attached hydrogens (tertiary/aromatic N) is 1. The fourth-order valence-electron chi connectivity index (χ4n) is 3.09. The second-order valence-electron chi connectivity index (χ2n) is 7.28. The lowest BCUT2D eigenvalue weighted by atomic mass is 10.1. The average molecular weight is 381 g/mol. The summed E-state index contributed by atoms with van der Waals surface area (Å²) in [4.78, 5) is 25.9. The van der Waals surface area contributed by atoms with Crippen LogP contribution in [0, 0.1) is 5.92 Å². The Hall–Kier alpha value is -1.89. The molecular weight excluding hydrogens is 354 g/mol. The van der Waals surface area contributed by atoms with Crippen molar-refractivity contribution in [3.05, 3.63) is 29.8 Å². The van der Waals surface area contributed by atoms with Crippen molar-refractivity contribution in [3.8, 4) is 5.75 Å². The summed E-state index contributed by atoms with van der Waals surface area (Å²) in [6.45, 7) is 7.64. The highest BCUT2D eigenvalue weighted by atomic mass is 32.2. The van der Waals surface area contributed by atoms with Crippen molar-refractivity contribution < 1.29 is 22.7 Å². The van der Waals surface area contributed by atoms with Gasteiger partial charge >= 0.3 is 0 Å². The molecule has 2 atom stereocenters. The lowest BCUT2D eigenvalue weighted by Gasteiger charge is -2.32. The number of Topliss-reactive ketones (excluding diaryl/α,β-unsaturated/α-hetero) is 1. The molecule has 0 N–H and O–H groups in total. The molecule has 1 saturated heterocycles.